The lowest BCUT2D eigenvalue weighted by Gasteiger charge is -2.07. The maximum absolute atomic E-state index is 11.1. The van der Waals surface area contributed by atoms with Crippen LogP contribution in [-0.4, -0.2) is 11.9 Å². The fourth-order valence-corrected chi connectivity index (χ4v) is 1.08. The molecule has 0 heterocycles. The average molecular weight is 213 g/mol. The van der Waals surface area contributed by atoms with Crippen LogP contribution in [0.5, 0.6) is 0 Å². The zero-order chi connectivity index (χ0) is 10.6. The zero-order valence-corrected chi connectivity index (χ0v) is 8.71. The van der Waals surface area contributed by atoms with Crippen LogP contribution in [-0.2, 0) is 11.3 Å². The van der Waals surface area contributed by atoms with Crippen LogP contribution in [0.2, 0.25) is 5.02 Å². The topological polar surface area (TPSA) is 55.1 Å². The van der Waals surface area contributed by atoms with Gasteiger partial charge in [0.25, 0.3) is 0 Å². The Bertz CT molecular complexity index is 308. The number of hydrogen-bond donors (Lipinski definition) is 2. The van der Waals surface area contributed by atoms with Crippen LogP contribution in [0.3, 0.4) is 0 Å². The second kappa shape index (κ2) is 4.98. The van der Waals surface area contributed by atoms with E-state index in [-0.39, 0.29) is 5.91 Å². The minimum absolute atomic E-state index is 0.153. The molecular weight excluding hydrogens is 200 g/mol. The molecule has 1 aromatic carbocycles. The highest BCUT2D eigenvalue weighted by molar-refractivity contribution is 6.30. The van der Waals surface area contributed by atoms with Crippen molar-refractivity contribution in [3.05, 3.63) is 34.9 Å². The highest BCUT2D eigenvalue weighted by atomic mass is 35.5. The van der Waals surface area contributed by atoms with Gasteiger partial charge in [-0.3, -0.25) is 4.79 Å². The molecule has 0 saturated heterocycles. The van der Waals surface area contributed by atoms with Gasteiger partial charge < -0.3 is 11.1 Å². The molecule has 4 heteroatoms. The second-order valence-electron chi connectivity index (χ2n) is 3.13. The Morgan fingerprint density at radius 2 is 2.07 bits per heavy atom. The first-order chi connectivity index (χ1) is 6.59. The number of nitrogens with two attached hydrogens (primary N) is 1. The zero-order valence-electron chi connectivity index (χ0n) is 7.96. The molecule has 1 atom stereocenters. The summed E-state index contributed by atoms with van der Waals surface area (Å²) in [6, 6.07) is 6.83. The molecule has 0 spiro atoms. The number of amides is 1. The first-order valence-electron chi connectivity index (χ1n) is 4.37. The van der Waals surface area contributed by atoms with E-state index in [1.807, 2.05) is 12.1 Å². The third kappa shape index (κ3) is 3.36. The summed E-state index contributed by atoms with van der Waals surface area (Å²) in [6.07, 6.45) is 0. The molecule has 1 aromatic rings. The van der Waals surface area contributed by atoms with E-state index < -0.39 is 6.04 Å². The van der Waals surface area contributed by atoms with Gasteiger partial charge in [-0.2, -0.15) is 0 Å². The number of hydrogen-bond acceptors (Lipinski definition) is 2. The van der Waals surface area contributed by atoms with Crippen molar-refractivity contribution in [3.8, 4) is 0 Å². The molecule has 0 saturated carbocycles. The third-order valence-electron chi connectivity index (χ3n) is 1.79. The minimum Gasteiger partial charge on any atom is -0.351 e. The Kier molecular flexibility index (Phi) is 3.92. The summed E-state index contributed by atoms with van der Waals surface area (Å²) >= 11 is 5.72. The molecular formula is C10H13ClN2O. The second-order valence-corrected chi connectivity index (χ2v) is 3.57. The van der Waals surface area contributed by atoms with Gasteiger partial charge in [0.05, 0.1) is 6.04 Å². The van der Waals surface area contributed by atoms with Gasteiger partial charge in [-0.25, -0.2) is 0 Å². The quantitative estimate of drug-likeness (QED) is 0.794. The molecule has 0 bridgehead atoms. The summed E-state index contributed by atoms with van der Waals surface area (Å²) in [7, 11) is 0. The largest absolute Gasteiger partial charge is 0.351 e. The molecule has 0 aliphatic carbocycles. The highest BCUT2D eigenvalue weighted by Gasteiger charge is 2.05. The summed E-state index contributed by atoms with van der Waals surface area (Å²) < 4.78 is 0. The van der Waals surface area contributed by atoms with E-state index in [2.05, 4.69) is 5.32 Å². The first kappa shape index (κ1) is 11.0. The van der Waals surface area contributed by atoms with E-state index in [0.717, 1.165) is 5.56 Å². The molecule has 3 nitrogen and oxygen atoms in total. The first-order valence-corrected chi connectivity index (χ1v) is 4.75. The molecule has 0 aliphatic rings. The van der Waals surface area contributed by atoms with Crippen LogP contribution in [0.25, 0.3) is 0 Å². The standard InChI is InChI=1S/C10H13ClN2O/c1-7(12)10(14)13-6-8-2-4-9(11)5-3-8/h2-5,7H,6,12H2,1H3,(H,13,14)/t7-/m0/s1. The average Bonchev–Trinajstić information content (AvgIpc) is 2.16. The number of rotatable bonds is 3. The van der Waals surface area contributed by atoms with Crippen molar-refractivity contribution in [3.63, 3.8) is 0 Å². The summed E-state index contributed by atoms with van der Waals surface area (Å²) in [5.74, 6) is -0.153. The summed E-state index contributed by atoms with van der Waals surface area (Å²) in [5, 5.41) is 3.40. The number of benzene rings is 1. The molecule has 0 aliphatic heterocycles. The Morgan fingerprint density at radius 3 is 2.57 bits per heavy atom. The molecule has 0 aromatic heterocycles. The van der Waals surface area contributed by atoms with Gasteiger partial charge in [0, 0.05) is 11.6 Å². The highest BCUT2D eigenvalue weighted by Crippen LogP contribution is 2.08. The third-order valence-corrected chi connectivity index (χ3v) is 2.05. The normalized spacial score (nSPS) is 12.2. The molecule has 3 N–H and O–H groups in total. The molecule has 1 amide bonds. The fraction of sp³-hybridized carbons (Fsp3) is 0.300. The van der Waals surface area contributed by atoms with Gasteiger partial charge in [0.2, 0.25) is 5.91 Å². The minimum atomic E-state index is -0.470. The Morgan fingerprint density at radius 1 is 1.50 bits per heavy atom. The van der Waals surface area contributed by atoms with Crippen molar-refractivity contribution in [2.75, 3.05) is 0 Å². The van der Waals surface area contributed by atoms with E-state index in [9.17, 15) is 4.79 Å². The lowest BCUT2D eigenvalue weighted by atomic mass is 10.2. The maximum atomic E-state index is 11.1. The SMILES string of the molecule is C[C@H](N)C(=O)NCc1ccc(Cl)cc1. The molecule has 14 heavy (non-hydrogen) atoms. The van der Waals surface area contributed by atoms with Crippen molar-refractivity contribution < 1.29 is 4.79 Å². The van der Waals surface area contributed by atoms with Crippen molar-refractivity contribution in [2.24, 2.45) is 5.73 Å². The number of carbonyl (C=O) groups is 1. The van der Waals surface area contributed by atoms with Crippen LogP contribution in [0.1, 0.15) is 12.5 Å². The van der Waals surface area contributed by atoms with Crippen molar-refractivity contribution in [1.82, 2.24) is 5.32 Å². The van der Waals surface area contributed by atoms with Gasteiger partial charge >= 0.3 is 0 Å². The van der Waals surface area contributed by atoms with Crippen LogP contribution in [0.15, 0.2) is 24.3 Å². The van der Waals surface area contributed by atoms with E-state index in [1.165, 1.54) is 0 Å². The van der Waals surface area contributed by atoms with E-state index >= 15 is 0 Å². The molecule has 0 unspecified atom stereocenters. The molecule has 1 rings (SSSR count). The Labute approximate surface area is 88.2 Å². The van der Waals surface area contributed by atoms with Gasteiger partial charge in [0.15, 0.2) is 0 Å². The predicted octanol–water partition coefficient (Wildman–Crippen LogP) is 1.30. The van der Waals surface area contributed by atoms with Gasteiger partial charge in [-0.1, -0.05) is 23.7 Å². The summed E-state index contributed by atoms with van der Waals surface area (Å²) in [5.41, 5.74) is 6.39. The molecule has 0 radical (unpaired) electrons. The van der Waals surface area contributed by atoms with E-state index in [4.69, 9.17) is 17.3 Å². The number of carbonyl (C=O) groups excluding carboxylic acids is 1. The maximum Gasteiger partial charge on any atom is 0.236 e. The summed E-state index contributed by atoms with van der Waals surface area (Å²) in [6.45, 7) is 2.13. The Balaban J connectivity index is 2.46. The van der Waals surface area contributed by atoms with Crippen LogP contribution >= 0.6 is 11.6 Å². The summed E-state index contributed by atoms with van der Waals surface area (Å²) in [4.78, 5) is 11.1. The lowest BCUT2D eigenvalue weighted by Crippen LogP contribution is -2.37. The van der Waals surface area contributed by atoms with Gasteiger partial charge in [-0.05, 0) is 24.6 Å². The molecule has 76 valence electrons. The van der Waals surface area contributed by atoms with Gasteiger partial charge in [-0.15, -0.1) is 0 Å². The van der Waals surface area contributed by atoms with E-state index in [1.54, 1.807) is 19.1 Å². The van der Waals surface area contributed by atoms with Crippen molar-refractivity contribution in [2.45, 2.75) is 19.5 Å². The fourth-order valence-electron chi connectivity index (χ4n) is 0.952. The van der Waals surface area contributed by atoms with Crippen LogP contribution in [0.4, 0.5) is 0 Å². The monoisotopic (exact) mass is 212 g/mol. The predicted molar refractivity (Wildman–Crippen MR) is 56.9 cm³/mol. The number of nitrogens with one attached hydrogen (secondary N) is 1. The van der Waals surface area contributed by atoms with E-state index in [0.29, 0.717) is 11.6 Å². The number of halogens is 1. The smallest absolute Gasteiger partial charge is 0.236 e. The van der Waals surface area contributed by atoms with Crippen molar-refractivity contribution in [1.29, 1.82) is 0 Å². The molecule has 0 fully saturated rings. The van der Waals surface area contributed by atoms with Gasteiger partial charge in [0.1, 0.15) is 0 Å². The lowest BCUT2D eigenvalue weighted by molar-refractivity contribution is -0.122. The van der Waals surface area contributed by atoms with Crippen LogP contribution in [0, 0.1) is 0 Å². The van der Waals surface area contributed by atoms with Crippen LogP contribution < -0.4 is 11.1 Å². The Hall–Kier alpha value is -1.06. The van der Waals surface area contributed by atoms with Crippen molar-refractivity contribution >= 4 is 17.5 Å².